The summed E-state index contributed by atoms with van der Waals surface area (Å²) in [5.41, 5.74) is 7.24. The maximum atomic E-state index is 13.1. The lowest BCUT2D eigenvalue weighted by Gasteiger charge is -2.41. The van der Waals surface area contributed by atoms with Crippen LogP contribution < -0.4 is 16.0 Å². The van der Waals surface area contributed by atoms with Gasteiger partial charge in [-0.25, -0.2) is 0 Å². The molecule has 1 unspecified atom stereocenters. The van der Waals surface area contributed by atoms with Crippen LogP contribution in [0.25, 0.3) is 0 Å². The van der Waals surface area contributed by atoms with Gasteiger partial charge >= 0.3 is 0 Å². The van der Waals surface area contributed by atoms with Crippen molar-refractivity contribution in [1.29, 1.82) is 0 Å². The zero-order valence-corrected chi connectivity index (χ0v) is 22.6. The Kier molecular flexibility index (Phi) is 10.6. The fourth-order valence-corrected chi connectivity index (χ4v) is 5.88. The summed E-state index contributed by atoms with van der Waals surface area (Å²) in [6.45, 7) is 9.89. The minimum Gasteiger partial charge on any atom is -0.371 e. The van der Waals surface area contributed by atoms with Gasteiger partial charge in [0.25, 0.3) is 5.91 Å². The van der Waals surface area contributed by atoms with E-state index in [4.69, 9.17) is 5.73 Å². The van der Waals surface area contributed by atoms with Gasteiger partial charge < -0.3 is 20.4 Å². The summed E-state index contributed by atoms with van der Waals surface area (Å²) < 4.78 is 0. The topological polar surface area (TPSA) is 116 Å². The average molecular weight is 514 g/mol. The number of likely N-dealkylation sites (N-methyl/N-ethyl adjacent to an activating group) is 1. The van der Waals surface area contributed by atoms with Crippen LogP contribution in [0.1, 0.15) is 73.1 Å². The summed E-state index contributed by atoms with van der Waals surface area (Å²) in [4.78, 5) is 54.7. The molecule has 0 saturated carbocycles. The van der Waals surface area contributed by atoms with Gasteiger partial charge in [0, 0.05) is 50.9 Å². The van der Waals surface area contributed by atoms with E-state index in [0.29, 0.717) is 11.8 Å². The summed E-state index contributed by atoms with van der Waals surface area (Å²) in [5.74, 6) is 0.312. The van der Waals surface area contributed by atoms with Crippen molar-refractivity contribution < 1.29 is 19.2 Å². The van der Waals surface area contributed by atoms with Crippen LogP contribution >= 0.6 is 0 Å². The standard InChI is InChI=1S/C26H37N5O4.C2H6/c1-29(23-4-5-24(33)28-25(23)34)26(35)22-3-2-21(16-20(22)17-32)31-13-8-19(9-14-31)18-6-11-30(12-7-18)15-10-27;1-2/h2-3,16-19,23H,4-15,27H2,1H3,(H,28,33,34);1-2H3. The molecule has 0 aliphatic carbocycles. The molecule has 9 nitrogen and oxygen atoms in total. The molecule has 4 rings (SSSR count). The molecule has 37 heavy (non-hydrogen) atoms. The van der Waals surface area contributed by atoms with E-state index in [1.54, 1.807) is 12.1 Å². The van der Waals surface area contributed by atoms with E-state index < -0.39 is 17.9 Å². The Morgan fingerprint density at radius 1 is 1.05 bits per heavy atom. The largest absolute Gasteiger partial charge is 0.371 e. The van der Waals surface area contributed by atoms with Crippen LogP contribution in [0.2, 0.25) is 0 Å². The SMILES string of the molecule is CC.CN(C(=O)c1ccc(N2CCC(C3CCN(CCN)CC3)CC2)cc1C=O)C1CCC(=O)NC1=O. The van der Waals surface area contributed by atoms with Gasteiger partial charge in [-0.15, -0.1) is 0 Å². The molecule has 204 valence electrons. The van der Waals surface area contributed by atoms with Crippen LogP contribution in [0.3, 0.4) is 0 Å². The lowest BCUT2D eigenvalue weighted by Crippen LogP contribution is -2.53. The summed E-state index contributed by atoms with van der Waals surface area (Å²) in [7, 11) is 1.54. The second kappa shape index (κ2) is 13.7. The minimum atomic E-state index is -0.722. The molecule has 9 heteroatoms. The summed E-state index contributed by atoms with van der Waals surface area (Å²) in [6.07, 6.45) is 5.94. The lowest BCUT2D eigenvalue weighted by atomic mass is 9.78. The van der Waals surface area contributed by atoms with Gasteiger partial charge in [0.15, 0.2) is 6.29 Å². The quantitative estimate of drug-likeness (QED) is 0.424. The molecule has 0 radical (unpaired) electrons. The van der Waals surface area contributed by atoms with E-state index in [1.807, 2.05) is 19.9 Å². The number of aldehydes is 1. The van der Waals surface area contributed by atoms with Crippen LogP contribution in [-0.2, 0) is 9.59 Å². The number of nitrogens with zero attached hydrogens (tertiary/aromatic N) is 3. The van der Waals surface area contributed by atoms with Crippen molar-refractivity contribution in [2.75, 3.05) is 51.2 Å². The normalized spacial score (nSPS) is 21.6. The number of anilines is 1. The Hall–Kier alpha value is -2.78. The summed E-state index contributed by atoms with van der Waals surface area (Å²) in [5, 5.41) is 2.28. The Labute approximate surface area is 220 Å². The van der Waals surface area contributed by atoms with Crippen molar-refractivity contribution in [2.45, 2.75) is 58.4 Å². The number of hydrogen-bond donors (Lipinski definition) is 2. The second-order valence-electron chi connectivity index (χ2n) is 10.1. The zero-order valence-electron chi connectivity index (χ0n) is 22.6. The van der Waals surface area contributed by atoms with Crippen LogP contribution in [0.15, 0.2) is 18.2 Å². The number of rotatable bonds is 7. The van der Waals surface area contributed by atoms with Gasteiger partial charge in [-0.2, -0.15) is 0 Å². The number of nitrogens with one attached hydrogen (secondary N) is 1. The molecule has 3 heterocycles. The van der Waals surface area contributed by atoms with Gasteiger partial charge in [-0.05, 0) is 75.2 Å². The third-order valence-corrected chi connectivity index (χ3v) is 8.04. The van der Waals surface area contributed by atoms with E-state index in [9.17, 15) is 19.2 Å². The monoisotopic (exact) mass is 513 g/mol. The summed E-state index contributed by atoms with van der Waals surface area (Å²) >= 11 is 0. The van der Waals surface area contributed by atoms with Crippen LogP contribution in [0.5, 0.6) is 0 Å². The highest BCUT2D eigenvalue weighted by Gasteiger charge is 2.34. The zero-order chi connectivity index (χ0) is 26.9. The van der Waals surface area contributed by atoms with Crippen LogP contribution in [0.4, 0.5) is 5.69 Å². The molecule has 1 aromatic rings. The average Bonchev–Trinajstić information content (AvgIpc) is 2.94. The third kappa shape index (κ3) is 6.96. The number of imide groups is 1. The first-order valence-electron chi connectivity index (χ1n) is 13.8. The Morgan fingerprint density at radius 3 is 2.24 bits per heavy atom. The lowest BCUT2D eigenvalue weighted by molar-refractivity contribution is -0.136. The third-order valence-electron chi connectivity index (χ3n) is 8.04. The first-order valence-corrected chi connectivity index (χ1v) is 13.8. The maximum Gasteiger partial charge on any atom is 0.255 e. The number of carbonyl (C=O) groups is 4. The van der Waals surface area contributed by atoms with Crippen molar-refractivity contribution >= 4 is 29.7 Å². The molecule has 3 saturated heterocycles. The van der Waals surface area contributed by atoms with E-state index in [2.05, 4.69) is 15.1 Å². The molecule has 0 aromatic heterocycles. The van der Waals surface area contributed by atoms with Gasteiger partial charge in [0.1, 0.15) is 6.04 Å². The highest BCUT2D eigenvalue weighted by Crippen LogP contribution is 2.34. The van der Waals surface area contributed by atoms with E-state index in [1.165, 1.54) is 24.8 Å². The Morgan fingerprint density at radius 2 is 1.68 bits per heavy atom. The number of likely N-dealkylation sites (tertiary alicyclic amines) is 1. The Bertz CT molecular complexity index is 952. The fraction of sp³-hybridized carbons (Fsp3) is 0.643. The predicted molar refractivity (Wildman–Crippen MR) is 145 cm³/mol. The smallest absolute Gasteiger partial charge is 0.255 e. The number of piperidine rings is 3. The van der Waals surface area contributed by atoms with Gasteiger partial charge in [-0.1, -0.05) is 13.8 Å². The molecular formula is C28H43N5O4. The molecular weight excluding hydrogens is 470 g/mol. The molecule has 3 fully saturated rings. The molecule has 3 amide bonds. The molecule has 1 aromatic carbocycles. The van der Waals surface area contributed by atoms with Crippen LogP contribution in [-0.4, -0.2) is 86.2 Å². The number of nitrogens with two attached hydrogens (primary N) is 1. The molecule has 0 bridgehead atoms. The van der Waals surface area contributed by atoms with Crippen LogP contribution in [0, 0.1) is 11.8 Å². The number of benzene rings is 1. The van der Waals surface area contributed by atoms with Gasteiger partial charge in [0.05, 0.1) is 5.56 Å². The molecule has 3 aliphatic rings. The minimum absolute atomic E-state index is 0.191. The first-order chi connectivity index (χ1) is 17.9. The number of hydrogen-bond acceptors (Lipinski definition) is 7. The van der Waals surface area contributed by atoms with Gasteiger partial charge in [-0.3, -0.25) is 24.5 Å². The van der Waals surface area contributed by atoms with E-state index in [-0.39, 0.29) is 24.3 Å². The molecule has 3 aliphatic heterocycles. The van der Waals surface area contributed by atoms with E-state index in [0.717, 1.165) is 69.6 Å². The highest BCUT2D eigenvalue weighted by molar-refractivity contribution is 6.06. The van der Waals surface area contributed by atoms with Crippen molar-refractivity contribution in [3.05, 3.63) is 29.3 Å². The van der Waals surface area contributed by atoms with Crippen molar-refractivity contribution in [1.82, 2.24) is 15.1 Å². The molecule has 0 spiro atoms. The highest BCUT2D eigenvalue weighted by atomic mass is 16.2. The predicted octanol–water partition coefficient (Wildman–Crippen LogP) is 2.29. The fourth-order valence-electron chi connectivity index (χ4n) is 5.88. The summed E-state index contributed by atoms with van der Waals surface area (Å²) in [6, 6.07) is 4.64. The molecule has 3 N–H and O–H groups in total. The van der Waals surface area contributed by atoms with Crippen molar-refractivity contribution in [3.8, 4) is 0 Å². The van der Waals surface area contributed by atoms with Gasteiger partial charge in [0.2, 0.25) is 11.8 Å². The van der Waals surface area contributed by atoms with Crippen molar-refractivity contribution in [2.24, 2.45) is 17.6 Å². The molecule has 1 atom stereocenters. The second-order valence-corrected chi connectivity index (χ2v) is 10.1. The number of carbonyl (C=O) groups excluding carboxylic acids is 4. The number of amides is 3. The maximum absolute atomic E-state index is 13.1. The first kappa shape index (κ1) is 28.8. The van der Waals surface area contributed by atoms with E-state index >= 15 is 0 Å². The Balaban J connectivity index is 0.00000186. The van der Waals surface area contributed by atoms with Crippen molar-refractivity contribution in [3.63, 3.8) is 0 Å².